The summed E-state index contributed by atoms with van der Waals surface area (Å²) in [6.07, 6.45) is 1.47. The number of hydrogen-bond acceptors (Lipinski definition) is 4. The number of aliphatic carboxylic acids is 1. The summed E-state index contributed by atoms with van der Waals surface area (Å²) in [6, 6.07) is 14.8. The van der Waals surface area contributed by atoms with E-state index in [1.54, 1.807) is 12.1 Å². The normalized spacial score (nSPS) is 11.8. The molecule has 0 spiro atoms. The van der Waals surface area contributed by atoms with Gasteiger partial charge in [-0.2, -0.15) is 0 Å². The molecule has 1 aromatic heterocycles. The molecule has 4 nitrogen and oxygen atoms in total. The number of oxazole rings is 1. The third-order valence-corrected chi connectivity index (χ3v) is 3.86. The van der Waals surface area contributed by atoms with Gasteiger partial charge in [-0.3, -0.25) is 0 Å². The fraction of sp³-hybridized carbons (Fsp3) is 0.0588. The zero-order chi connectivity index (χ0) is 15.5. The fourth-order valence-electron chi connectivity index (χ4n) is 2.13. The number of carboxylic acid groups (broad SMARTS) is 1. The van der Waals surface area contributed by atoms with Gasteiger partial charge in [-0.1, -0.05) is 46.3 Å². The molecule has 0 aliphatic heterocycles. The SMILES string of the molecule is O=C([O-])C/C(=C\c1ccccc1Br)c1nc2ccccc2o1. The molecular formula is C17H11BrNO3-. The van der Waals surface area contributed by atoms with Crippen LogP contribution in [0.3, 0.4) is 0 Å². The van der Waals surface area contributed by atoms with E-state index in [4.69, 9.17) is 4.42 Å². The molecule has 1 heterocycles. The van der Waals surface area contributed by atoms with Gasteiger partial charge < -0.3 is 14.3 Å². The van der Waals surface area contributed by atoms with Crippen LogP contribution in [-0.4, -0.2) is 11.0 Å². The first-order chi connectivity index (χ1) is 10.6. The van der Waals surface area contributed by atoms with Crippen molar-refractivity contribution in [2.45, 2.75) is 6.42 Å². The molecule has 110 valence electrons. The van der Waals surface area contributed by atoms with Gasteiger partial charge in [0.1, 0.15) is 5.52 Å². The lowest BCUT2D eigenvalue weighted by Gasteiger charge is -2.06. The van der Waals surface area contributed by atoms with Crippen molar-refractivity contribution in [2.24, 2.45) is 0 Å². The summed E-state index contributed by atoms with van der Waals surface area (Å²) in [6.45, 7) is 0. The maximum absolute atomic E-state index is 11.0. The highest BCUT2D eigenvalue weighted by Crippen LogP contribution is 2.27. The third-order valence-electron chi connectivity index (χ3n) is 3.14. The van der Waals surface area contributed by atoms with Crippen molar-refractivity contribution in [2.75, 3.05) is 0 Å². The standard InChI is InChI=1S/C17H12BrNO3/c18-13-6-2-1-5-11(13)9-12(10-16(20)21)17-19-14-7-3-4-8-15(14)22-17/h1-9H,10H2,(H,20,21)/p-1/b12-9+. The smallest absolute Gasteiger partial charge is 0.223 e. The van der Waals surface area contributed by atoms with E-state index in [2.05, 4.69) is 20.9 Å². The minimum atomic E-state index is -1.18. The second-order valence-electron chi connectivity index (χ2n) is 4.73. The monoisotopic (exact) mass is 356 g/mol. The zero-order valence-electron chi connectivity index (χ0n) is 11.5. The first kappa shape index (κ1) is 14.5. The molecular weight excluding hydrogens is 346 g/mol. The molecule has 3 rings (SSSR count). The molecule has 0 unspecified atom stereocenters. The molecule has 0 fully saturated rings. The molecule has 0 saturated carbocycles. The molecule has 0 radical (unpaired) electrons. The maximum atomic E-state index is 11.0. The summed E-state index contributed by atoms with van der Waals surface area (Å²) in [5.74, 6) is -0.887. The number of carbonyl (C=O) groups excluding carboxylic acids is 1. The minimum absolute atomic E-state index is 0.270. The van der Waals surface area contributed by atoms with Crippen LogP contribution in [-0.2, 0) is 4.79 Å². The number of aromatic nitrogens is 1. The fourth-order valence-corrected chi connectivity index (χ4v) is 2.53. The zero-order valence-corrected chi connectivity index (χ0v) is 13.0. The van der Waals surface area contributed by atoms with Gasteiger partial charge in [0.25, 0.3) is 0 Å². The number of carbonyl (C=O) groups is 1. The van der Waals surface area contributed by atoms with Crippen molar-refractivity contribution in [3.05, 3.63) is 64.5 Å². The molecule has 22 heavy (non-hydrogen) atoms. The van der Waals surface area contributed by atoms with Crippen LogP contribution >= 0.6 is 15.9 Å². The molecule has 0 saturated heterocycles. The van der Waals surface area contributed by atoms with E-state index in [-0.39, 0.29) is 6.42 Å². The van der Waals surface area contributed by atoms with Gasteiger partial charge in [-0.25, -0.2) is 4.98 Å². The Morgan fingerprint density at radius 2 is 1.91 bits per heavy atom. The van der Waals surface area contributed by atoms with E-state index in [9.17, 15) is 9.90 Å². The van der Waals surface area contributed by atoms with E-state index >= 15 is 0 Å². The number of hydrogen-bond donors (Lipinski definition) is 0. The Morgan fingerprint density at radius 1 is 1.18 bits per heavy atom. The van der Waals surface area contributed by atoms with Crippen molar-refractivity contribution in [3.8, 4) is 0 Å². The molecule has 0 bridgehead atoms. The Hall–Kier alpha value is -2.40. The van der Waals surface area contributed by atoms with E-state index in [1.165, 1.54) is 0 Å². The average Bonchev–Trinajstić information content (AvgIpc) is 2.92. The average molecular weight is 357 g/mol. The highest BCUT2D eigenvalue weighted by Gasteiger charge is 2.12. The topological polar surface area (TPSA) is 66.2 Å². The Morgan fingerprint density at radius 3 is 2.64 bits per heavy atom. The van der Waals surface area contributed by atoms with Crippen LogP contribution in [0.15, 0.2) is 57.4 Å². The molecule has 3 aromatic rings. The highest BCUT2D eigenvalue weighted by atomic mass is 79.9. The number of para-hydroxylation sites is 2. The lowest BCUT2D eigenvalue weighted by Crippen LogP contribution is -2.22. The quantitative estimate of drug-likeness (QED) is 0.719. The predicted octanol–water partition coefficient (Wildman–Crippen LogP) is 3.27. The van der Waals surface area contributed by atoms with Crippen molar-refractivity contribution < 1.29 is 14.3 Å². The van der Waals surface area contributed by atoms with Crippen molar-refractivity contribution in [1.82, 2.24) is 4.98 Å². The first-order valence-corrected chi connectivity index (χ1v) is 7.43. The van der Waals surface area contributed by atoms with Gasteiger partial charge in [0, 0.05) is 22.4 Å². The molecule has 0 N–H and O–H groups in total. The van der Waals surface area contributed by atoms with Gasteiger partial charge >= 0.3 is 0 Å². The number of benzene rings is 2. The van der Waals surface area contributed by atoms with E-state index in [1.807, 2.05) is 42.5 Å². The lowest BCUT2D eigenvalue weighted by atomic mass is 10.1. The van der Waals surface area contributed by atoms with Crippen LogP contribution in [0.25, 0.3) is 22.7 Å². The molecule has 0 aliphatic carbocycles. The van der Waals surface area contributed by atoms with Gasteiger partial charge in [0.05, 0.1) is 0 Å². The number of halogens is 1. The molecule has 2 aromatic carbocycles. The summed E-state index contributed by atoms with van der Waals surface area (Å²) in [5.41, 5.74) is 2.62. The molecule has 5 heteroatoms. The van der Waals surface area contributed by atoms with Crippen LogP contribution in [0.4, 0.5) is 0 Å². The number of rotatable bonds is 4. The Bertz CT molecular complexity index is 834. The van der Waals surface area contributed by atoms with Crippen LogP contribution in [0.2, 0.25) is 0 Å². The number of carboxylic acids is 1. The second kappa shape index (κ2) is 6.15. The summed E-state index contributed by atoms with van der Waals surface area (Å²) in [5, 5.41) is 11.0. The summed E-state index contributed by atoms with van der Waals surface area (Å²) < 4.78 is 6.52. The largest absolute Gasteiger partial charge is 0.550 e. The Labute approximate surface area is 135 Å². The maximum Gasteiger partial charge on any atom is 0.223 e. The van der Waals surface area contributed by atoms with Gasteiger partial charge in [-0.15, -0.1) is 0 Å². The van der Waals surface area contributed by atoms with E-state index in [0.29, 0.717) is 22.6 Å². The van der Waals surface area contributed by atoms with Crippen LogP contribution in [0, 0.1) is 0 Å². The molecule has 0 amide bonds. The lowest BCUT2D eigenvalue weighted by molar-refractivity contribution is -0.304. The summed E-state index contributed by atoms with van der Waals surface area (Å²) >= 11 is 3.44. The van der Waals surface area contributed by atoms with Gasteiger partial charge in [0.15, 0.2) is 5.58 Å². The van der Waals surface area contributed by atoms with Crippen LogP contribution in [0.5, 0.6) is 0 Å². The van der Waals surface area contributed by atoms with Crippen molar-refractivity contribution in [1.29, 1.82) is 0 Å². The second-order valence-corrected chi connectivity index (χ2v) is 5.58. The van der Waals surface area contributed by atoms with E-state index in [0.717, 1.165) is 10.0 Å². The minimum Gasteiger partial charge on any atom is -0.550 e. The third kappa shape index (κ3) is 3.09. The van der Waals surface area contributed by atoms with Crippen LogP contribution in [0.1, 0.15) is 17.9 Å². The molecule has 0 atom stereocenters. The summed E-state index contributed by atoms with van der Waals surface area (Å²) in [7, 11) is 0. The van der Waals surface area contributed by atoms with Crippen LogP contribution < -0.4 is 5.11 Å². The van der Waals surface area contributed by atoms with Gasteiger partial charge in [-0.05, 0) is 29.8 Å². The Kier molecular flexibility index (Phi) is 4.06. The van der Waals surface area contributed by atoms with Gasteiger partial charge in [0.2, 0.25) is 5.89 Å². The number of nitrogens with zero attached hydrogens (tertiary/aromatic N) is 1. The molecule has 0 aliphatic rings. The highest BCUT2D eigenvalue weighted by molar-refractivity contribution is 9.10. The first-order valence-electron chi connectivity index (χ1n) is 6.64. The van der Waals surface area contributed by atoms with Crippen molar-refractivity contribution in [3.63, 3.8) is 0 Å². The Balaban J connectivity index is 2.10. The van der Waals surface area contributed by atoms with E-state index < -0.39 is 5.97 Å². The predicted molar refractivity (Wildman–Crippen MR) is 85.6 cm³/mol. The number of fused-ring (bicyclic) bond motifs is 1. The summed E-state index contributed by atoms with van der Waals surface area (Å²) in [4.78, 5) is 15.4. The van der Waals surface area contributed by atoms with Crippen molar-refractivity contribution >= 4 is 44.6 Å².